The molecule has 0 saturated heterocycles. The molecule has 6 heteroatoms. The van der Waals surface area contributed by atoms with Crippen molar-refractivity contribution >= 4 is 5.82 Å². The van der Waals surface area contributed by atoms with Crippen molar-refractivity contribution in [3.63, 3.8) is 0 Å². The first-order valence-electron chi connectivity index (χ1n) is 9.48. The van der Waals surface area contributed by atoms with Gasteiger partial charge < -0.3 is 19.7 Å². The van der Waals surface area contributed by atoms with Crippen LogP contribution in [0.4, 0.5) is 5.82 Å². The van der Waals surface area contributed by atoms with Gasteiger partial charge in [-0.2, -0.15) is 0 Å². The van der Waals surface area contributed by atoms with Crippen molar-refractivity contribution in [1.82, 2.24) is 15.3 Å². The van der Waals surface area contributed by atoms with E-state index in [-0.39, 0.29) is 0 Å². The molecule has 4 rings (SSSR count). The summed E-state index contributed by atoms with van der Waals surface area (Å²) in [6.45, 7) is 7.35. The summed E-state index contributed by atoms with van der Waals surface area (Å²) in [5.41, 5.74) is 3.64. The van der Waals surface area contributed by atoms with Crippen LogP contribution in [0, 0.1) is 0 Å². The zero-order valence-electron chi connectivity index (χ0n) is 15.3. The van der Waals surface area contributed by atoms with Gasteiger partial charge in [-0.3, -0.25) is 0 Å². The Morgan fingerprint density at radius 1 is 1.19 bits per heavy atom. The average Bonchev–Trinajstić information content (AvgIpc) is 3.03. The summed E-state index contributed by atoms with van der Waals surface area (Å²) in [4.78, 5) is 12.1. The van der Waals surface area contributed by atoms with Crippen molar-refractivity contribution in [2.75, 3.05) is 37.7 Å². The van der Waals surface area contributed by atoms with Crippen LogP contribution in [0.15, 0.2) is 24.3 Å². The van der Waals surface area contributed by atoms with Gasteiger partial charge in [0.1, 0.15) is 24.8 Å². The number of hydrogen-bond acceptors (Lipinski definition) is 6. The van der Waals surface area contributed by atoms with Crippen LogP contribution in [-0.4, -0.2) is 42.8 Å². The number of anilines is 1. The highest BCUT2D eigenvalue weighted by atomic mass is 16.5. The third kappa shape index (κ3) is 3.66. The highest BCUT2D eigenvalue weighted by Crippen LogP contribution is 2.29. The average molecular weight is 354 g/mol. The fourth-order valence-corrected chi connectivity index (χ4v) is 3.60. The molecular weight excluding hydrogens is 328 g/mol. The lowest BCUT2D eigenvalue weighted by atomic mass is 10.1. The Kier molecular flexibility index (Phi) is 5.32. The Morgan fingerprint density at radius 3 is 3.00 bits per heavy atom. The molecule has 0 amide bonds. The van der Waals surface area contributed by atoms with Gasteiger partial charge in [0, 0.05) is 37.2 Å². The Balaban J connectivity index is 1.71. The van der Waals surface area contributed by atoms with Gasteiger partial charge in [0.15, 0.2) is 5.82 Å². The Labute approximate surface area is 154 Å². The minimum atomic E-state index is 0.463. The van der Waals surface area contributed by atoms with E-state index in [9.17, 15) is 0 Å². The SMILES string of the molecule is CCOCc1nc2c(c(N3CCOc4ccccc4C3)n1)CCNCC2. The summed E-state index contributed by atoms with van der Waals surface area (Å²) in [7, 11) is 0. The minimum absolute atomic E-state index is 0.463. The quantitative estimate of drug-likeness (QED) is 0.907. The molecule has 0 spiro atoms. The Hall–Kier alpha value is -2.18. The third-order valence-corrected chi connectivity index (χ3v) is 4.89. The van der Waals surface area contributed by atoms with Crippen LogP contribution in [0.5, 0.6) is 5.75 Å². The summed E-state index contributed by atoms with van der Waals surface area (Å²) >= 11 is 0. The van der Waals surface area contributed by atoms with Crippen molar-refractivity contribution in [2.24, 2.45) is 0 Å². The molecule has 0 fully saturated rings. The predicted octanol–water partition coefficient (Wildman–Crippen LogP) is 2.10. The summed E-state index contributed by atoms with van der Waals surface area (Å²) < 4.78 is 11.5. The summed E-state index contributed by atoms with van der Waals surface area (Å²) in [5, 5.41) is 3.47. The molecule has 3 heterocycles. The van der Waals surface area contributed by atoms with Crippen LogP contribution in [0.25, 0.3) is 0 Å². The van der Waals surface area contributed by atoms with Crippen LogP contribution >= 0.6 is 0 Å². The number of hydrogen-bond donors (Lipinski definition) is 1. The maximum atomic E-state index is 5.94. The maximum absolute atomic E-state index is 5.94. The summed E-state index contributed by atoms with van der Waals surface area (Å²) in [6.07, 6.45) is 1.89. The monoisotopic (exact) mass is 354 g/mol. The van der Waals surface area contributed by atoms with E-state index in [0.29, 0.717) is 19.8 Å². The zero-order valence-corrected chi connectivity index (χ0v) is 15.3. The fraction of sp³-hybridized carbons (Fsp3) is 0.500. The number of nitrogens with zero attached hydrogens (tertiary/aromatic N) is 3. The molecule has 0 radical (unpaired) electrons. The molecular formula is C20H26N4O2. The molecule has 26 heavy (non-hydrogen) atoms. The molecule has 1 N–H and O–H groups in total. The lowest BCUT2D eigenvalue weighted by Gasteiger charge is -2.25. The van der Waals surface area contributed by atoms with E-state index in [0.717, 1.165) is 62.1 Å². The molecule has 1 aromatic carbocycles. The van der Waals surface area contributed by atoms with Gasteiger partial charge in [0.2, 0.25) is 0 Å². The van der Waals surface area contributed by atoms with Gasteiger partial charge >= 0.3 is 0 Å². The van der Waals surface area contributed by atoms with Crippen LogP contribution in [-0.2, 0) is 30.7 Å². The van der Waals surface area contributed by atoms with E-state index >= 15 is 0 Å². The number of aromatic nitrogens is 2. The van der Waals surface area contributed by atoms with Crippen molar-refractivity contribution in [3.05, 3.63) is 46.9 Å². The van der Waals surface area contributed by atoms with E-state index < -0.39 is 0 Å². The van der Waals surface area contributed by atoms with Crippen LogP contribution < -0.4 is 15.0 Å². The molecule has 0 atom stereocenters. The largest absolute Gasteiger partial charge is 0.491 e. The number of ether oxygens (including phenoxy) is 2. The first-order chi connectivity index (χ1) is 12.8. The van der Waals surface area contributed by atoms with Gasteiger partial charge in [-0.1, -0.05) is 18.2 Å². The number of rotatable bonds is 4. The first kappa shape index (κ1) is 17.2. The molecule has 0 bridgehead atoms. The van der Waals surface area contributed by atoms with Crippen molar-refractivity contribution in [2.45, 2.75) is 32.9 Å². The smallest absolute Gasteiger partial charge is 0.156 e. The van der Waals surface area contributed by atoms with Gasteiger partial charge in [0.25, 0.3) is 0 Å². The van der Waals surface area contributed by atoms with Gasteiger partial charge in [-0.15, -0.1) is 0 Å². The highest BCUT2D eigenvalue weighted by Gasteiger charge is 2.23. The lowest BCUT2D eigenvalue weighted by Crippen LogP contribution is -2.29. The number of nitrogens with one attached hydrogen (secondary N) is 1. The fourth-order valence-electron chi connectivity index (χ4n) is 3.60. The molecule has 6 nitrogen and oxygen atoms in total. The van der Waals surface area contributed by atoms with Crippen molar-refractivity contribution in [1.29, 1.82) is 0 Å². The van der Waals surface area contributed by atoms with E-state index in [1.807, 2.05) is 19.1 Å². The summed E-state index contributed by atoms with van der Waals surface area (Å²) in [5.74, 6) is 2.81. The van der Waals surface area contributed by atoms with E-state index in [2.05, 4.69) is 22.3 Å². The lowest BCUT2D eigenvalue weighted by molar-refractivity contribution is 0.128. The molecule has 138 valence electrons. The number of benzene rings is 1. The van der Waals surface area contributed by atoms with E-state index in [1.54, 1.807) is 0 Å². The molecule has 1 aromatic heterocycles. The number of para-hydroxylation sites is 1. The second-order valence-electron chi connectivity index (χ2n) is 6.65. The third-order valence-electron chi connectivity index (χ3n) is 4.89. The van der Waals surface area contributed by atoms with Crippen molar-refractivity contribution in [3.8, 4) is 5.75 Å². The molecule has 0 saturated carbocycles. The molecule has 2 aromatic rings. The molecule has 0 unspecified atom stereocenters. The Morgan fingerprint density at radius 2 is 2.08 bits per heavy atom. The van der Waals surface area contributed by atoms with Gasteiger partial charge in [0.05, 0.1) is 12.2 Å². The maximum Gasteiger partial charge on any atom is 0.156 e. The summed E-state index contributed by atoms with van der Waals surface area (Å²) in [6, 6.07) is 8.27. The topological polar surface area (TPSA) is 59.5 Å². The second kappa shape index (κ2) is 8.01. The van der Waals surface area contributed by atoms with Gasteiger partial charge in [-0.25, -0.2) is 9.97 Å². The Bertz CT molecular complexity index is 765. The normalized spacial score (nSPS) is 16.9. The highest BCUT2D eigenvalue weighted by molar-refractivity contribution is 5.52. The molecule has 2 aliphatic heterocycles. The van der Waals surface area contributed by atoms with Crippen LogP contribution in [0.1, 0.15) is 29.6 Å². The van der Waals surface area contributed by atoms with Gasteiger partial charge in [-0.05, 0) is 26.0 Å². The minimum Gasteiger partial charge on any atom is -0.491 e. The van der Waals surface area contributed by atoms with Crippen LogP contribution in [0.2, 0.25) is 0 Å². The van der Waals surface area contributed by atoms with E-state index in [1.165, 1.54) is 11.1 Å². The van der Waals surface area contributed by atoms with Crippen molar-refractivity contribution < 1.29 is 9.47 Å². The standard InChI is InChI=1S/C20H26N4O2/c1-2-25-14-19-22-17-8-10-21-9-7-16(17)20(23-19)24-11-12-26-18-6-4-3-5-15(18)13-24/h3-6,21H,2,7-14H2,1H3. The van der Waals surface area contributed by atoms with E-state index in [4.69, 9.17) is 19.4 Å². The molecule has 0 aliphatic carbocycles. The number of fused-ring (bicyclic) bond motifs is 2. The second-order valence-corrected chi connectivity index (χ2v) is 6.65. The predicted molar refractivity (Wildman–Crippen MR) is 101 cm³/mol. The zero-order chi connectivity index (χ0) is 17.8. The van der Waals surface area contributed by atoms with Crippen LogP contribution in [0.3, 0.4) is 0 Å². The first-order valence-corrected chi connectivity index (χ1v) is 9.48. The molecule has 2 aliphatic rings.